The molecule has 29 heavy (non-hydrogen) atoms. The summed E-state index contributed by atoms with van der Waals surface area (Å²) >= 11 is 0. The van der Waals surface area contributed by atoms with Gasteiger partial charge in [-0.05, 0) is 28.8 Å². The van der Waals surface area contributed by atoms with Gasteiger partial charge in [-0.3, -0.25) is 9.80 Å². The molecule has 0 saturated carbocycles. The van der Waals surface area contributed by atoms with Gasteiger partial charge in [0.1, 0.15) is 6.10 Å². The molecule has 3 aliphatic heterocycles. The van der Waals surface area contributed by atoms with Gasteiger partial charge >= 0.3 is 6.09 Å². The average molecular weight is 396 g/mol. The lowest BCUT2D eigenvalue weighted by Gasteiger charge is -2.28. The van der Waals surface area contributed by atoms with E-state index in [9.17, 15) is 4.79 Å². The van der Waals surface area contributed by atoms with Crippen LogP contribution >= 0.6 is 0 Å². The summed E-state index contributed by atoms with van der Waals surface area (Å²) in [5.74, 6) is 0. The average Bonchev–Trinajstić information content (AvgIpc) is 3.25. The fourth-order valence-electron chi connectivity index (χ4n) is 4.85. The molecule has 3 saturated heterocycles. The Morgan fingerprint density at radius 2 is 1.76 bits per heavy atom. The van der Waals surface area contributed by atoms with Gasteiger partial charge in [-0.25, -0.2) is 4.79 Å². The van der Waals surface area contributed by atoms with Crippen LogP contribution in [-0.4, -0.2) is 85.4 Å². The monoisotopic (exact) mass is 395 g/mol. The van der Waals surface area contributed by atoms with Gasteiger partial charge in [-0.2, -0.15) is 0 Å². The van der Waals surface area contributed by atoms with Crippen molar-refractivity contribution in [3.8, 4) is 0 Å². The summed E-state index contributed by atoms with van der Waals surface area (Å²) in [6.07, 6.45) is 0.863. The summed E-state index contributed by atoms with van der Waals surface area (Å²) < 4.78 is 11.1. The highest BCUT2D eigenvalue weighted by molar-refractivity contribution is 5.83. The van der Waals surface area contributed by atoms with Gasteiger partial charge in [-0.15, -0.1) is 0 Å². The maximum absolute atomic E-state index is 12.3. The van der Waals surface area contributed by atoms with E-state index in [4.69, 9.17) is 9.47 Å². The molecule has 2 aromatic rings. The zero-order valence-corrected chi connectivity index (χ0v) is 16.8. The summed E-state index contributed by atoms with van der Waals surface area (Å²) in [6, 6.07) is 15.3. The molecule has 5 rings (SSSR count). The number of carbonyl (C=O) groups excluding carboxylic acids is 1. The number of carbonyl (C=O) groups is 1. The van der Waals surface area contributed by atoms with Gasteiger partial charge in [0.15, 0.2) is 0 Å². The van der Waals surface area contributed by atoms with Crippen LogP contribution in [-0.2, 0) is 16.0 Å². The molecule has 2 aromatic carbocycles. The predicted octanol–water partition coefficient (Wildman–Crippen LogP) is 2.57. The maximum atomic E-state index is 12.3. The van der Waals surface area contributed by atoms with Gasteiger partial charge in [0.25, 0.3) is 0 Å². The molecule has 154 valence electrons. The molecule has 0 radical (unpaired) electrons. The summed E-state index contributed by atoms with van der Waals surface area (Å²) in [6.45, 7) is 8.04. The summed E-state index contributed by atoms with van der Waals surface area (Å²) in [7, 11) is 0. The fourth-order valence-corrected chi connectivity index (χ4v) is 4.85. The summed E-state index contributed by atoms with van der Waals surface area (Å²) in [5, 5.41) is 2.55. The van der Waals surface area contributed by atoms with Crippen molar-refractivity contribution < 1.29 is 14.3 Å². The van der Waals surface area contributed by atoms with E-state index in [1.54, 1.807) is 0 Å². The number of likely N-dealkylation sites (tertiary alicyclic amines) is 1. The van der Waals surface area contributed by atoms with Gasteiger partial charge in [0.2, 0.25) is 0 Å². The number of nitrogens with zero attached hydrogens (tertiary/aromatic N) is 3. The second-order valence-electron chi connectivity index (χ2n) is 8.37. The molecule has 6 nitrogen and oxygen atoms in total. The molecule has 0 aromatic heterocycles. The standard InChI is InChI=1S/C23H29N3O3/c27-23-26(9-3-8-24-10-12-28-13-11-24)21-16-25(17-22(21)29-23)15-18-6-7-19-4-1-2-5-20(19)14-18/h1-2,4-7,14,21-22H,3,8-13,15-17H2/t21-,22+/m0/s1. The van der Waals surface area contributed by atoms with E-state index in [2.05, 4.69) is 52.3 Å². The first-order chi connectivity index (χ1) is 14.3. The second kappa shape index (κ2) is 8.30. The Balaban J connectivity index is 1.16. The molecule has 3 fully saturated rings. The number of ether oxygens (including phenoxy) is 2. The number of rotatable bonds is 6. The normalized spacial score (nSPS) is 25.5. The molecule has 2 atom stereocenters. The van der Waals surface area contributed by atoms with Crippen LogP contribution in [0.1, 0.15) is 12.0 Å². The number of benzene rings is 2. The molecule has 6 heteroatoms. The number of hydrogen-bond acceptors (Lipinski definition) is 5. The highest BCUT2D eigenvalue weighted by Crippen LogP contribution is 2.28. The molecule has 0 spiro atoms. The van der Waals surface area contributed by atoms with E-state index in [0.717, 1.165) is 65.4 Å². The topological polar surface area (TPSA) is 45.2 Å². The fraction of sp³-hybridized carbons (Fsp3) is 0.522. The van der Waals surface area contributed by atoms with Crippen molar-refractivity contribution in [2.24, 2.45) is 0 Å². The Hall–Kier alpha value is -2.15. The van der Waals surface area contributed by atoms with Gasteiger partial charge in [-0.1, -0.05) is 36.4 Å². The Kier molecular flexibility index (Phi) is 5.40. The maximum Gasteiger partial charge on any atom is 0.410 e. The van der Waals surface area contributed by atoms with Crippen LogP contribution in [0.4, 0.5) is 4.79 Å². The number of hydrogen-bond donors (Lipinski definition) is 0. The zero-order chi connectivity index (χ0) is 19.6. The Labute approximate surface area is 172 Å². The van der Waals surface area contributed by atoms with E-state index in [1.165, 1.54) is 16.3 Å². The van der Waals surface area contributed by atoms with Gasteiger partial charge < -0.3 is 14.4 Å². The Morgan fingerprint density at radius 3 is 2.62 bits per heavy atom. The predicted molar refractivity (Wildman–Crippen MR) is 112 cm³/mol. The van der Waals surface area contributed by atoms with Gasteiger partial charge in [0.05, 0.1) is 19.3 Å². The van der Waals surface area contributed by atoms with Crippen molar-refractivity contribution in [3.05, 3.63) is 48.0 Å². The third-order valence-electron chi connectivity index (χ3n) is 6.40. The minimum atomic E-state index is -0.132. The lowest BCUT2D eigenvalue weighted by Crippen LogP contribution is -2.41. The molecule has 0 unspecified atom stereocenters. The van der Waals surface area contributed by atoms with E-state index in [-0.39, 0.29) is 18.2 Å². The number of amides is 1. The molecule has 1 amide bonds. The molecule has 0 N–H and O–H groups in total. The largest absolute Gasteiger partial charge is 0.442 e. The summed E-state index contributed by atoms with van der Waals surface area (Å²) in [4.78, 5) is 19.1. The van der Waals surface area contributed by atoms with Gasteiger partial charge in [0, 0.05) is 45.8 Å². The van der Waals surface area contributed by atoms with Crippen molar-refractivity contribution in [3.63, 3.8) is 0 Å². The lowest BCUT2D eigenvalue weighted by molar-refractivity contribution is 0.0362. The first-order valence-corrected chi connectivity index (χ1v) is 10.7. The lowest BCUT2D eigenvalue weighted by atomic mass is 10.1. The van der Waals surface area contributed by atoms with Crippen LogP contribution in [0.25, 0.3) is 10.8 Å². The Bertz CT molecular complexity index is 867. The zero-order valence-electron chi connectivity index (χ0n) is 16.8. The van der Waals surface area contributed by atoms with Crippen molar-refractivity contribution in [1.29, 1.82) is 0 Å². The first kappa shape index (κ1) is 18.9. The van der Waals surface area contributed by atoms with Crippen molar-refractivity contribution in [2.45, 2.75) is 25.1 Å². The van der Waals surface area contributed by atoms with Crippen LogP contribution in [0.15, 0.2) is 42.5 Å². The highest BCUT2D eigenvalue weighted by atomic mass is 16.6. The van der Waals surface area contributed by atoms with E-state index in [1.807, 2.05) is 4.90 Å². The minimum absolute atomic E-state index is 0.00587. The van der Waals surface area contributed by atoms with Crippen LogP contribution in [0, 0.1) is 0 Å². The highest BCUT2D eigenvalue weighted by Gasteiger charge is 2.47. The number of morpholine rings is 1. The van der Waals surface area contributed by atoms with Crippen LogP contribution < -0.4 is 0 Å². The molecule has 0 bridgehead atoms. The summed E-state index contributed by atoms with van der Waals surface area (Å²) in [5.41, 5.74) is 1.31. The van der Waals surface area contributed by atoms with Crippen molar-refractivity contribution in [1.82, 2.24) is 14.7 Å². The number of fused-ring (bicyclic) bond motifs is 2. The first-order valence-electron chi connectivity index (χ1n) is 10.7. The second-order valence-corrected chi connectivity index (χ2v) is 8.37. The minimum Gasteiger partial charge on any atom is -0.442 e. The molecule has 3 aliphatic rings. The van der Waals surface area contributed by atoms with Crippen LogP contribution in [0.3, 0.4) is 0 Å². The molecular weight excluding hydrogens is 366 g/mol. The molecule has 3 heterocycles. The quantitative estimate of drug-likeness (QED) is 0.752. The van der Waals surface area contributed by atoms with Crippen molar-refractivity contribution >= 4 is 16.9 Å². The Morgan fingerprint density at radius 1 is 0.931 bits per heavy atom. The van der Waals surface area contributed by atoms with E-state index >= 15 is 0 Å². The van der Waals surface area contributed by atoms with Crippen LogP contribution in [0.5, 0.6) is 0 Å². The van der Waals surface area contributed by atoms with E-state index < -0.39 is 0 Å². The molecular formula is C23H29N3O3. The van der Waals surface area contributed by atoms with E-state index in [0.29, 0.717) is 0 Å². The van der Waals surface area contributed by atoms with Crippen LogP contribution in [0.2, 0.25) is 0 Å². The van der Waals surface area contributed by atoms with Crippen molar-refractivity contribution in [2.75, 3.05) is 52.5 Å². The third kappa shape index (κ3) is 4.10. The third-order valence-corrected chi connectivity index (χ3v) is 6.40. The SMILES string of the molecule is O=C1O[C@@H]2CN(Cc3ccc4ccccc4c3)C[C@@H]2N1CCCN1CCOCC1. The smallest absolute Gasteiger partial charge is 0.410 e. The molecule has 0 aliphatic carbocycles.